The van der Waals surface area contributed by atoms with Crippen LogP contribution in [0.5, 0.6) is 5.75 Å². The molecule has 6 atom stereocenters. The number of nitrogens with one attached hydrogen (secondary N) is 1. The monoisotopic (exact) mass is 574 g/mol. The molecule has 0 bridgehead atoms. The van der Waals surface area contributed by atoms with Crippen LogP contribution in [0.4, 0.5) is 0 Å². The molecule has 6 heteroatoms. The molecule has 228 valence electrons. The molecule has 6 nitrogen and oxygen atoms in total. The Kier molecular flexibility index (Phi) is 8.50. The SMILES string of the molecule is CCOC(=O)[C@@H]1[C@@H](C(C)(C)C)[C@H](NCc2cc(C(C)(C)C)ccc2OC)[C@H](c2ccccc2)N1C(=O)C1C2CCCC21. The molecule has 42 heavy (non-hydrogen) atoms. The first-order chi connectivity index (χ1) is 19.9. The molecule has 1 aliphatic heterocycles. The lowest BCUT2D eigenvalue weighted by atomic mass is 9.72. The maximum atomic E-state index is 14.5. The second kappa shape index (κ2) is 11.7. The number of rotatable bonds is 8. The van der Waals surface area contributed by atoms with E-state index in [1.165, 1.54) is 12.0 Å². The summed E-state index contributed by atoms with van der Waals surface area (Å²) in [4.78, 5) is 30.4. The summed E-state index contributed by atoms with van der Waals surface area (Å²) >= 11 is 0. The van der Waals surface area contributed by atoms with Crippen molar-refractivity contribution in [3.8, 4) is 5.75 Å². The molecule has 1 saturated heterocycles. The van der Waals surface area contributed by atoms with E-state index in [1.807, 2.05) is 36.1 Å². The van der Waals surface area contributed by atoms with Crippen molar-refractivity contribution in [2.45, 2.75) is 97.8 Å². The molecule has 2 unspecified atom stereocenters. The molecule has 3 aliphatic rings. The van der Waals surface area contributed by atoms with Crippen LogP contribution in [-0.4, -0.2) is 42.6 Å². The van der Waals surface area contributed by atoms with Crippen LogP contribution < -0.4 is 10.1 Å². The lowest BCUT2D eigenvalue weighted by molar-refractivity contribution is -0.157. The molecule has 2 saturated carbocycles. The average Bonchev–Trinajstić information content (AvgIpc) is 3.25. The molecule has 1 N–H and O–H groups in total. The van der Waals surface area contributed by atoms with Crippen LogP contribution in [0.15, 0.2) is 48.5 Å². The molecule has 2 aliphatic carbocycles. The zero-order valence-electron chi connectivity index (χ0n) is 26.8. The number of fused-ring (bicyclic) bond motifs is 1. The van der Waals surface area contributed by atoms with E-state index in [9.17, 15) is 9.59 Å². The van der Waals surface area contributed by atoms with Crippen LogP contribution in [0, 0.1) is 29.1 Å². The second-order valence-corrected chi connectivity index (χ2v) is 14.7. The summed E-state index contributed by atoms with van der Waals surface area (Å²) in [6.07, 6.45) is 3.43. The van der Waals surface area contributed by atoms with Gasteiger partial charge in [-0.1, -0.05) is 90.4 Å². The first-order valence-corrected chi connectivity index (χ1v) is 15.8. The van der Waals surface area contributed by atoms with Gasteiger partial charge in [0, 0.05) is 30.0 Å². The Morgan fingerprint density at radius 3 is 2.21 bits per heavy atom. The summed E-state index contributed by atoms with van der Waals surface area (Å²) in [5.74, 6) is 1.43. The van der Waals surface area contributed by atoms with E-state index < -0.39 is 6.04 Å². The Labute approximate surface area is 252 Å². The number of hydrogen-bond acceptors (Lipinski definition) is 5. The molecule has 5 rings (SSSR count). The summed E-state index contributed by atoms with van der Waals surface area (Å²) in [5.41, 5.74) is 3.06. The minimum absolute atomic E-state index is 0.00451. The lowest BCUT2D eigenvalue weighted by Crippen LogP contribution is -2.49. The van der Waals surface area contributed by atoms with Crippen molar-refractivity contribution >= 4 is 11.9 Å². The van der Waals surface area contributed by atoms with Crippen molar-refractivity contribution in [2.24, 2.45) is 29.1 Å². The van der Waals surface area contributed by atoms with Gasteiger partial charge in [0.1, 0.15) is 11.8 Å². The summed E-state index contributed by atoms with van der Waals surface area (Å²) in [6, 6.07) is 15.5. The van der Waals surface area contributed by atoms with Gasteiger partial charge in [-0.25, -0.2) is 4.79 Å². The molecule has 0 aromatic heterocycles. The van der Waals surface area contributed by atoms with E-state index in [0.29, 0.717) is 18.4 Å². The molecular formula is C36H50N2O4. The predicted molar refractivity (Wildman–Crippen MR) is 166 cm³/mol. The summed E-state index contributed by atoms with van der Waals surface area (Å²) in [7, 11) is 1.71. The molecule has 1 amide bonds. The van der Waals surface area contributed by atoms with Gasteiger partial charge in [-0.2, -0.15) is 0 Å². The van der Waals surface area contributed by atoms with Crippen molar-refractivity contribution in [1.82, 2.24) is 10.2 Å². The molecule has 0 spiro atoms. The maximum absolute atomic E-state index is 14.5. The second-order valence-electron chi connectivity index (χ2n) is 14.7. The van der Waals surface area contributed by atoms with Gasteiger partial charge in [0.05, 0.1) is 19.8 Å². The number of esters is 1. The quantitative estimate of drug-likeness (QED) is 0.357. The van der Waals surface area contributed by atoms with Gasteiger partial charge in [0.2, 0.25) is 5.91 Å². The van der Waals surface area contributed by atoms with Crippen LogP contribution in [0.3, 0.4) is 0 Å². The molecular weight excluding hydrogens is 524 g/mol. The zero-order chi connectivity index (χ0) is 30.4. The lowest BCUT2D eigenvalue weighted by Gasteiger charge is -2.36. The van der Waals surface area contributed by atoms with E-state index >= 15 is 0 Å². The fraction of sp³-hybridized carbons (Fsp3) is 0.611. The summed E-state index contributed by atoms with van der Waals surface area (Å²) < 4.78 is 11.5. The largest absolute Gasteiger partial charge is 0.496 e. The number of carbonyl (C=O) groups is 2. The highest BCUT2D eigenvalue weighted by Crippen LogP contribution is 2.60. The van der Waals surface area contributed by atoms with Crippen molar-refractivity contribution in [2.75, 3.05) is 13.7 Å². The molecule has 1 heterocycles. The Balaban J connectivity index is 1.59. The Morgan fingerprint density at radius 2 is 1.64 bits per heavy atom. The van der Waals surface area contributed by atoms with Gasteiger partial charge in [-0.3, -0.25) is 4.79 Å². The highest BCUT2D eigenvalue weighted by Gasteiger charge is 2.64. The number of nitrogens with zero attached hydrogens (tertiary/aromatic N) is 1. The van der Waals surface area contributed by atoms with E-state index in [1.54, 1.807) is 7.11 Å². The van der Waals surface area contributed by atoms with E-state index in [2.05, 4.69) is 71.1 Å². The van der Waals surface area contributed by atoms with Gasteiger partial charge >= 0.3 is 5.97 Å². The number of benzene rings is 2. The standard InChI is InChI=1S/C36H50N2O4/c1-9-42-34(40)32-29(36(5,6)7)30(37-21-23-20-24(35(2,3)4)18-19-27(23)41-8)31(22-14-11-10-12-15-22)38(32)33(39)28-25-16-13-17-26(25)28/h10-12,14-15,18-20,25-26,28-32,37H,9,13,16-17,21H2,1-8H3/t25?,26?,28?,29-,30-,31-,32-/m0/s1. The van der Waals surface area contributed by atoms with E-state index in [-0.39, 0.29) is 53.2 Å². The molecule has 2 aromatic carbocycles. The topological polar surface area (TPSA) is 67.9 Å². The van der Waals surface area contributed by atoms with Crippen molar-refractivity contribution in [3.05, 3.63) is 65.2 Å². The van der Waals surface area contributed by atoms with Crippen molar-refractivity contribution in [3.63, 3.8) is 0 Å². The predicted octanol–water partition coefficient (Wildman–Crippen LogP) is 6.67. The van der Waals surface area contributed by atoms with Gasteiger partial charge < -0.3 is 19.7 Å². The third-order valence-corrected chi connectivity index (χ3v) is 9.96. The van der Waals surface area contributed by atoms with Crippen LogP contribution in [0.1, 0.15) is 90.5 Å². The van der Waals surface area contributed by atoms with Gasteiger partial charge in [0.15, 0.2) is 0 Å². The van der Waals surface area contributed by atoms with Crippen LogP contribution in [0.2, 0.25) is 0 Å². The van der Waals surface area contributed by atoms with Crippen LogP contribution in [0.25, 0.3) is 0 Å². The third-order valence-electron chi connectivity index (χ3n) is 9.96. The zero-order valence-corrected chi connectivity index (χ0v) is 26.8. The number of ether oxygens (including phenoxy) is 2. The Bertz CT molecular complexity index is 1270. The van der Waals surface area contributed by atoms with Crippen LogP contribution in [-0.2, 0) is 26.3 Å². The number of carbonyl (C=O) groups excluding carboxylic acids is 2. The number of hydrogen-bond donors (Lipinski definition) is 1. The fourth-order valence-electron chi connectivity index (χ4n) is 7.91. The summed E-state index contributed by atoms with van der Waals surface area (Å²) in [5, 5.41) is 3.90. The highest BCUT2D eigenvalue weighted by atomic mass is 16.5. The number of methoxy groups -OCH3 is 1. The number of amides is 1. The van der Waals surface area contributed by atoms with Crippen molar-refractivity contribution < 1.29 is 19.1 Å². The molecule has 0 radical (unpaired) electrons. The highest BCUT2D eigenvalue weighted by molar-refractivity contribution is 5.89. The average molecular weight is 575 g/mol. The van der Waals surface area contributed by atoms with Gasteiger partial charge in [-0.05, 0) is 59.6 Å². The molecule has 3 fully saturated rings. The smallest absolute Gasteiger partial charge is 0.329 e. The minimum Gasteiger partial charge on any atom is -0.496 e. The minimum atomic E-state index is -0.663. The molecule has 2 aromatic rings. The van der Waals surface area contributed by atoms with Crippen LogP contribution >= 0.6 is 0 Å². The van der Waals surface area contributed by atoms with E-state index in [0.717, 1.165) is 29.7 Å². The third kappa shape index (κ3) is 5.71. The first-order valence-electron chi connectivity index (χ1n) is 15.8. The Hall–Kier alpha value is -2.86. The van der Waals surface area contributed by atoms with Gasteiger partial charge in [0.25, 0.3) is 0 Å². The Morgan fingerprint density at radius 1 is 0.976 bits per heavy atom. The first kappa shape index (κ1) is 30.6. The van der Waals surface area contributed by atoms with Crippen molar-refractivity contribution in [1.29, 1.82) is 0 Å². The maximum Gasteiger partial charge on any atom is 0.329 e. The number of likely N-dealkylation sites (tertiary alicyclic amines) is 1. The summed E-state index contributed by atoms with van der Waals surface area (Å²) in [6.45, 7) is 15.9. The van der Waals surface area contributed by atoms with E-state index in [4.69, 9.17) is 9.47 Å². The normalized spacial score (nSPS) is 28.9. The fourth-order valence-corrected chi connectivity index (χ4v) is 7.91. The van der Waals surface area contributed by atoms with Gasteiger partial charge in [-0.15, -0.1) is 0 Å².